The number of carboxylic acid groups (broad SMARTS) is 1. The van der Waals surface area contributed by atoms with E-state index in [0.717, 1.165) is 42.5 Å². The summed E-state index contributed by atoms with van der Waals surface area (Å²) in [5, 5.41) is 33.4. The Balaban J connectivity index is 0.000000223. The lowest BCUT2D eigenvalue weighted by molar-refractivity contribution is 0.0626. The summed E-state index contributed by atoms with van der Waals surface area (Å²) in [7, 11) is 0. The maximum absolute atomic E-state index is 11.6. The van der Waals surface area contributed by atoms with Crippen LogP contribution in [0.5, 0.6) is 0 Å². The SMILES string of the molecule is O=C(O)N1CCCCC1CN(Cc1ccccc1)CC(O)c1ccccc1.OC(CNCc1ccccc1)c1ccccc1. The molecule has 0 radical (unpaired) electrons. The molecule has 1 heterocycles. The molecule has 0 saturated carbocycles. The predicted octanol–water partition coefficient (Wildman–Crippen LogP) is 6.26. The fourth-order valence-electron chi connectivity index (χ4n) is 5.55. The first-order valence-corrected chi connectivity index (χ1v) is 15.5. The number of aliphatic hydroxyl groups is 2. The first kappa shape index (κ1) is 32.9. The van der Waals surface area contributed by atoms with Crippen molar-refractivity contribution < 1.29 is 20.1 Å². The van der Waals surface area contributed by atoms with Crippen LogP contribution >= 0.6 is 0 Å². The van der Waals surface area contributed by atoms with Gasteiger partial charge in [0.1, 0.15) is 0 Å². The van der Waals surface area contributed by atoms with Gasteiger partial charge in [0.05, 0.1) is 12.2 Å². The Bertz CT molecular complexity index is 1340. The van der Waals surface area contributed by atoms with Gasteiger partial charge in [0.15, 0.2) is 0 Å². The second-order valence-corrected chi connectivity index (χ2v) is 11.3. The van der Waals surface area contributed by atoms with Crippen LogP contribution in [0.25, 0.3) is 0 Å². The Labute approximate surface area is 261 Å². The van der Waals surface area contributed by atoms with Gasteiger partial charge in [-0.25, -0.2) is 4.79 Å². The zero-order chi connectivity index (χ0) is 31.0. The number of hydrogen-bond acceptors (Lipinski definition) is 5. The van der Waals surface area contributed by atoms with E-state index in [0.29, 0.717) is 32.7 Å². The average Bonchev–Trinajstić information content (AvgIpc) is 3.07. The Morgan fingerprint density at radius 1 is 0.750 bits per heavy atom. The van der Waals surface area contributed by atoms with Gasteiger partial charge < -0.3 is 25.5 Å². The molecule has 0 aliphatic carbocycles. The molecule has 1 fully saturated rings. The molecule has 0 spiro atoms. The van der Waals surface area contributed by atoms with E-state index in [1.807, 2.05) is 97.1 Å². The second-order valence-electron chi connectivity index (χ2n) is 11.3. The number of carbonyl (C=O) groups is 1. The highest BCUT2D eigenvalue weighted by molar-refractivity contribution is 5.65. The van der Waals surface area contributed by atoms with E-state index < -0.39 is 18.3 Å². The lowest BCUT2D eigenvalue weighted by atomic mass is 10.0. The van der Waals surface area contributed by atoms with Crippen LogP contribution in [0.15, 0.2) is 121 Å². The normalized spacial score (nSPS) is 16.1. The van der Waals surface area contributed by atoms with Crippen molar-refractivity contribution in [2.24, 2.45) is 0 Å². The van der Waals surface area contributed by atoms with Crippen molar-refractivity contribution in [3.63, 3.8) is 0 Å². The highest BCUT2D eigenvalue weighted by atomic mass is 16.4. The topological polar surface area (TPSA) is 96.3 Å². The van der Waals surface area contributed by atoms with Crippen molar-refractivity contribution in [3.05, 3.63) is 144 Å². The Kier molecular flexibility index (Phi) is 13.4. The third-order valence-corrected chi connectivity index (χ3v) is 7.90. The van der Waals surface area contributed by atoms with E-state index in [2.05, 4.69) is 34.5 Å². The number of nitrogens with zero attached hydrogens (tertiary/aromatic N) is 2. The van der Waals surface area contributed by atoms with Crippen molar-refractivity contribution in [1.82, 2.24) is 15.1 Å². The van der Waals surface area contributed by atoms with Crippen molar-refractivity contribution in [2.45, 2.75) is 50.6 Å². The number of likely N-dealkylation sites (tertiary alicyclic amines) is 1. The van der Waals surface area contributed by atoms with Crippen LogP contribution in [-0.4, -0.2) is 63.4 Å². The van der Waals surface area contributed by atoms with Crippen molar-refractivity contribution in [2.75, 3.05) is 26.2 Å². The van der Waals surface area contributed by atoms with Gasteiger partial charge >= 0.3 is 6.09 Å². The number of aliphatic hydroxyl groups excluding tert-OH is 2. The molecule has 1 saturated heterocycles. The number of rotatable bonds is 12. The van der Waals surface area contributed by atoms with Gasteiger partial charge in [-0.05, 0) is 41.5 Å². The standard InChI is InChI=1S/C22H28N2O3.C15H17NO/c25-21(19-11-5-2-6-12-19)17-23(15-18-9-3-1-4-10-18)16-20-13-7-8-14-24(20)22(26)27;17-15(14-9-5-2-6-10-14)12-16-11-13-7-3-1-4-8-13/h1-6,9-12,20-21,25H,7-8,13-17H2,(H,26,27);1-10,15-17H,11-12H2. The van der Waals surface area contributed by atoms with Gasteiger partial charge in [-0.1, -0.05) is 121 Å². The first-order chi connectivity index (χ1) is 21.5. The fourth-order valence-corrected chi connectivity index (χ4v) is 5.55. The van der Waals surface area contributed by atoms with Gasteiger partial charge in [-0.15, -0.1) is 0 Å². The quantitative estimate of drug-likeness (QED) is 0.154. The molecule has 1 amide bonds. The number of piperidine rings is 1. The molecule has 5 rings (SSSR count). The molecular weight excluding hydrogens is 550 g/mol. The molecule has 44 heavy (non-hydrogen) atoms. The van der Waals surface area contributed by atoms with Crippen molar-refractivity contribution in [3.8, 4) is 0 Å². The average molecular weight is 596 g/mol. The van der Waals surface area contributed by atoms with Crippen LogP contribution in [-0.2, 0) is 13.1 Å². The molecule has 4 aromatic carbocycles. The summed E-state index contributed by atoms with van der Waals surface area (Å²) >= 11 is 0. The van der Waals surface area contributed by atoms with E-state index in [1.54, 1.807) is 4.90 Å². The number of amides is 1. The molecule has 1 aliphatic heterocycles. The van der Waals surface area contributed by atoms with Gasteiger partial charge in [0.25, 0.3) is 0 Å². The maximum Gasteiger partial charge on any atom is 0.407 e. The summed E-state index contributed by atoms with van der Waals surface area (Å²) in [6.45, 7) is 3.74. The van der Waals surface area contributed by atoms with Crippen LogP contribution in [0.1, 0.15) is 53.7 Å². The smallest absolute Gasteiger partial charge is 0.407 e. The molecular formula is C37H45N3O4. The number of benzene rings is 4. The van der Waals surface area contributed by atoms with E-state index in [-0.39, 0.29) is 6.04 Å². The zero-order valence-corrected chi connectivity index (χ0v) is 25.3. The summed E-state index contributed by atoms with van der Waals surface area (Å²) in [5.74, 6) is 0. The molecule has 0 aromatic heterocycles. The summed E-state index contributed by atoms with van der Waals surface area (Å²) in [6.07, 6.45) is 0.960. The van der Waals surface area contributed by atoms with E-state index in [1.165, 1.54) is 5.56 Å². The predicted molar refractivity (Wildman–Crippen MR) is 175 cm³/mol. The van der Waals surface area contributed by atoms with Crippen LogP contribution in [0, 0.1) is 0 Å². The second kappa shape index (κ2) is 18.0. The van der Waals surface area contributed by atoms with Crippen molar-refractivity contribution >= 4 is 6.09 Å². The van der Waals surface area contributed by atoms with Crippen LogP contribution in [0.3, 0.4) is 0 Å². The summed E-state index contributed by atoms with van der Waals surface area (Å²) in [5.41, 5.74) is 4.23. The molecule has 7 heteroatoms. The lowest BCUT2D eigenvalue weighted by Crippen LogP contribution is -2.49. The molecule has 4 aromatic rings. The van der Waals surface area contributed by atoms with E-state index >= 15 is 0 Å². The van der Waals surface area contributed by atoms with Gasteiger partial charge in [0.2, 0.25) is 0 Å². The maximum atomic E-state index is 11.6. The Morgan fingerprint density at radius 2 is 1.27 bits per heavy atom. The summed E-state index contributed by atoms with van der Waals surface area (Å²) in [6, 6.07) is 39.6. The van der Waals surface area contributed by atoms with E-state index in [9.17, 15) is 20.1 Å². The molecule has 232 valence electrons. The molecule has 3 atom stereocenters. The zero-order valence-electron chi connectivity index (χ0n) is 25.3. The minimum Gasteiger partial charge on any atom is -0.465 e. The lowest BCUT2D eigenvalue weighted by Gasteiger charge is -2.37. The van der Waals surface area contributed by atoms with Crippen LogP contribution in [0.4, 0.5) is 4.79 Å². The largest absolute Gasteiger partial charge is 0.465 e. The van der Waals surface area contributed by atoms with Crippen LogP contribution < -0.4 is 5.32 Å². The Morgan fingerprint density at radius 3 is 1.84 bits per heavy atom. The van der Waals surface area contributed by atoms with Crippen molar-refractivity contribution in [1.29, 1.82) is 0 Å². The van der Waals surface area contributed by atoms with Gasteiger partial charge in [-0.3, -0.25) is 4.90 Å². The number of nitrogens with one attached hydrogen (secondary N) is 1. The van der Waals surface area contributed by atoms with Gasteiger partial charge in [-0.2, -0.15) is 0 Å². The molecule has 1 aliphatic rings. The minimum atomic E-state index is -0.844. The fraction of sp³-hybridized carbons (Fsp3) is 0.324. The third kappa shape index (κ3) is 10.9. The van der Waals surface area contributed by atoms with E-state index in [4.69, 9.17) is 0 Å². The minimum absolute atomic E-state index is 0.0251. The van der Waals surface area contributed by atoms with Crippen LogP contribution in [0.2, 0.25) is 0 Å². The summed E-state index contributed by atoms with van der Waals surface area (Å²) in [4.78, 5) is 15.4. The molecule has 4 N–H and O–H groups in total. The summed E-state index contributed by atoms with van der Waals surface area (Å²) < 4.78 is 0. The molecule has 0 bridgehead atoms. The highest BCUT2D eigenvalue weighted by Gasteiger charge is 2.28. The monoisotopic (exact) mass is 595 g/mol. The molecule has 7 nitrogen and oxygen atoms in total. The third-order valence-electron chi connectivity index (χ3n) is 7.90. The Hall–Kier alpha value is -4.01. The number of hydrogen-bond donors (Lipinski definition) is 4. The first-order valence-electron chi connectivity index (χ1n) is 15.5. The molecule has 3 unspecified atom stereocenters. The highest BCUT2D eigenvalue weighted by Crippen LogP contribution is 2.22. The van der Waals surface area contributed by atoms with Gasteiger partial charge in [0, 0.05) is 45.3 Å².